The summed E-state index contributed by atoms with van der Waals surface area (Å²) < 4.78 is 0. The molecule has 0 fully saturated rings. The fourth-order valence-corrected chi connectivity index (χ4v) is 1.24. The van der Waals surface area contributed by atoms with Crippen LogP contribution in [-0.4, -0.2) is 5.11 Å². The third kappa shape index (κ3) is 1.52. The SMILES string of the molecule is N#Cc1cccc(CBr)c1O. The second-order valence-electron chi connectivity index (χ2n) is 2.06. The van der Waals surface area contributed by atoms with Gasteiger partial charge in [0.05, 0.1) is 5.56 Å². The van der Waals surface area contributed by atoms with Crippen molar-refractivity contribution >= 4 is 15.9 Å². The minimum absolute atomic E-state index is 0.0758. The zero-order chi connectivity index (χ0) is 8.27. The van der Waals surface area contributed by atoms with Gasteiger partial charge in [-0.1, -0.05) is 28.1 Å². The smallest absolute Gasteiger partial charge is 0.137 e. The number of para-hydroxylation sites is 1. The molecule has 0 spiro atoms. The summed E-state index contributed by atoms with van der Waals surface area (Å²) >= 11 is 3.20. The van der Waals surface area contributed by atoms with Crippen LogP contribution in [0.4, 0.5) is 0 Å². The van der Waals surface area contributed by atoms with E-state index in [2.05, 4.69) is 15.9 Å². The zero-order valence-corrected chi connectivity index (χ0v) is 7.30. The molecule has 0 radical (unpaired) electrons. The molecule has 3 heteroatoms. The Hall–Kier alpha value is -1.01. The highest BCUT2D eigenvalue weighted by Gasteiger charge is 2.03. The molecule has 0 aromatic heterocycles. The highest BCUT2D eigenvalue weighted by molar-refractivity contribution is 9.08. The van der Waals surface area contributed by atoms with E-state index in [9.17, 15) is 5.11 Å². The van der Waals surface area contributed by atoms with Crippen molar-refractivity contribution in [1.82, 2.24) is 0 Å². The maximum atomic E-state index is 9.34. The zero-order valence-electron chi connectivity index (χ0n) is 5.71. The predicted molar refractivity (Wildman–Crippen MR) is 45.5 cm³/mol. The first kappa shape index (κ1) is 8.09. The number of rotatable bonds is 1. The molecule has 1 rings (SSSR count). The third-order valence-corrected chi connectivity index (χ3v) is 1.99. The van der Waals surface area contributed by atoms with Gasteiger partial charge < -0.3 is 5.11 Å². The minimum Gasteiger partial charge on any atom is -0.506 e. The molecule has 0 aliphatic carbocycles. The molecule has 2 nitrogen and oxygen atoms in total. The molecular formula is C8H6BrNO. The summed E-state index contributed by atoms with van der Waals surface area (Å²) in [5, 5.41) is 18.4. The van der Waals surface area contributed by atoms with Crippen LogP contribution in [0.25, 0.3) is 0 Å². The van der Waals surface area contributed by atoms with Crippen LogP contribution in [0.1, 0.15) is 11.1 Å². The van der Waals surface area contributed by atoms with Gasteiger partial charge in [0.25, 0.3) is 0 Å². The van der Waals surface area contributed by atoms with Gasteiger partial charge in [0, 0.05) is 10.9 Å². The maximum absolute atomic E-state index is 9.34. The van der Waals surface area contributed by atoms with Gasteiger partial charge >= 0.3 is 0 Å². The topological polar surface area (TPSA) is 44.0 Å². The van der Waals surface area contributed by atoms with Gasteiger partial charge in [0.2, 0.25) is 0 Å². The Bertz CT molecular complexity index is 303. The molecule has 0 saturated heterocycles. The molecule has 0 unspecified atom stereocenters. The quantitative estimate of drug-likeness (QED) is 0.724. The average molecular weight is 212 g/mol. The molecule has 0 aliphatic rings. The average Bonchev–Trinajstić information content (AvgIpc) is 2.05. The Labute approximate surface area is 73.2 Å². The largest absolute Gasteiger partial charge is 0.506 e. The van der Waals surface area contributed by atoms with E-state index in [4.69, 9.17) is 5.26 Å². The Morgan fingerprint density at radius 2 is 2.27 bits per heavy atom. The second-order valence-corrected chi connectivity index (χ2v) is 2.62. The number of alkyl halides is 1. The van der Waals surface area contributed by atoms with Crippen molar-refractivity contribution in [3.63, 3.8) is 0 Å². The van der Waals surface area contributed by atoms with Crippen molar-refractivity contribution in [1.29, 1.82) is 5.26 Å². The predicted octanol–water partition coefficient (Wildman–Crippen LogP) is 2.16. The number of hydrogen-bond acceptors (Lipinski definition) is 2. The van der Waals surface area contributed by atoms with E-state index in [1.165, 1.54) is 0 Å². The monoisotopic (exact) mass is 211 g/mol. The number of phenolic OH excluding ortho intramolecular Hbond substituents is 1. The Morgan fingerprint density at radius 3 is 2.82 bits per heavy atom. The lowest BCUT2D eigenvalue weighted by molar-refractivity contribution is 0.469. The van der Waals surface area contributed by atoms with Crippen LogP contribution in [0.15, 0.2) is 18.2 Å². The molecule has 0 bridgehead atoms. The lowest BCUT2D eigenvalue weighted by Crippen LogP contribution is -1.82. The van der Waals surface area contributed by atoms with Gasteiger partial charge in [-0.05, 0) is 6.07 Å². The Kier molecular flexibility index (Phi) is 2.50. The lowest BCUT2D eigenvalue weighted by atomic mass is 10.1. The molecule has 56 valence electrons. The van der Waals surface area contributed by atoms with Crippen LogP contribution in [-0.2, 0) is 5.33 Å². The number of aromatic hydroxyl groups is 1. The first-order valence-corrected chi connectivity index (χ1v) is 4.18. The fraction of sp³-hybridized carbons (Fsp3) is 0.125. The molecule has 0 saturated carbocycles. The van der Waals surface area contributed by atoms with Crippen molar-refractivity contribution in [3.8, 4) is 11.8 Å². The number of hydrogen-bond donors (Lipinski definition) is 1. The normalized spacial score (nSPS) is 9.09. The summed E-state index contributed by atoms with van der Waals surface area (Å²) in [5.74, 6) is 0.0758. The second kappa shape index (κ2) is 3.40. The van der Waals surface area contributed by atoms with E-state index in [0.717, 1.165) is 5.56 Å². The maximum Gasteiger partial charge on any atom is 0.137 e. The number of benzene rings is 1. The summed E-state index contributed by atoms with van der Waals surface area (Å²) in [6, 6.07) is 7.00. The van der Waals surface area contributed by atoms with Crippen molar-refractivity contribution in [2.24, 2.45) is 0 Å². The number of nitrogens with zero attached hydrogens (tertiary/aromatic N) is 1. The van der Waals surface area contributed by atoms with Crippen LogP contribution in [0.2, 0.25) is 0 Å². The van der Waals surface area contributed by atoms with Crippen LogP contribution < -0.4 is 0 Å². The van der Waals surface area contributed by atoms with Crippen molar-refractivity contribution in [3.05, 3.63) is 29.3 Å². The molecule has 0 aliphatic heterocycles. The van der Waals surface area contributed by atoms with E-state index >= 15 is 0 Å². The van der Waals surface area contributed by atoms with E-state index in [1.807, 2.05) is 6.07 Å². The summed E-state index contributed by atoms with van der Waals surface area (Å²) in [4.78, 5) is 0. The molecule has 0 atom stereocenters. The number of halogens is 1. The first-order chi connectivity index (χ1) is 5.29. The van der Waals surface area contributed by atoms with Crippen LogP contribution in [0.3, 0.4) is 0 Å². The van der Waals surface area contributed by atoms with Gasteiger partial charge in [-0.3, -0.25) is 0 Å². The molecule has 1 N–H and O–H groups in total. The Morgan fingerprint density at radius 1 is 1.55 bits per heavy atom. The minimum atomic E-state index is 0.0758. The standard InChI is InChI=1S/C8H6BrNO/c9-4-6-2-1-3-7(5-10)8(6)11/h1-3,11H,4H2. The third-order valence-electron chi connectivity index (χ3n) is 1.38. The number of nitriles is 1. The van der Waals surface area contributed by atoms with Crippen LogP contribution in [0.5, 0.6) is 5.75 Å². The van der Waals surface area contributed by atoms with Gasteiger partial charge in [-0.2, -0.15) is 5.26 Å². The van der Waals surface area contributed by atoms with Crippen LogP contribution >= 0.6 is 15.9 Å². The number of phenols is 1. The van der Waals surface area contributed by atoms with Crippen molar-refractivity contribution in [2.45, 2.75) is 5.33 Å². The van der Waals surface area contributed by atoms with Crippen molar-refractivity contribution in [2.75, 3.05) is 0 Å². The van der Waals surface area contributed by atoms with E-state index in [1.54, 1.807) is 18.2 Å². The van der Waals surface area contributed by atoms with Gasteiger partial charge in [0.1, 0.15) is 11.8 Å². The lowest BCUT2D eigenvalue weighted by Gasteiger charge is -2.00. The van der Waals surface area contributed by atoms with Gasteiger partial charge in [-0.25, -0.2) is 0 Å². The van der Waals surface area contributed by atoms with E-state index in [-0.39, 0.29) is 5.75 Å². The molecule has 1 aromatic rings. The summed E-state index contributed by atoms with van der Waals surface area (Å²) in [7, 11) is 0. The highest BCUT2D eigenvalue weighted by atomic mass is 79.9. The highest BCUT2D eigenvalue weighted by Crippen LogP contribution is 2.23. The summed E-state index contributed by atoms with van der Waals surface area (Å²) in [5.41, 5.74) is 1.06. The molecule has 0 amide bonds. The molecule has 0 heterocycles. The molecular weight excluding hydrogens is 206 g/mol. The van der Waals surface area contributed by atoms with Gasteiger partial charge in [0.15, 0.2) is 0 Å². The summed E-state index contributed by atoms with van der Waals surface area (Å²) in [6.45, 7) is 0. The van der Waals surface area contributed by atoms with E-state index < -0.39 is 0 Å². The summed E-state index contributed by atoms with van der Waals surface area (Å²) in [6.07, 6.45) is 0. The van der Waals surface area contributed by atoms with Crippen LogP contribution in [0, 0.1) is 11.3 Å². The molecule has 1 aromatic carbocycles. The first-order valence-electron chi connectivity index (χ1n) is 3.06. The van der Waals surface area contributed by atoms with E-state index in [0.29, 0.717) is 10.9 Å². The van der Waals surface area contributed by atoms with Crippen molar-refractivity contribution < 1.29 is 5.11 Å². The fourth-order valence-electron chi connectivity index (χ4n) is 0.789. The van der Waals surface area contributed by atoms with Gasteiger partial charge in [-0.15, -0.1) is 0 Å². The Balaban J connectivity index is 3.23. The molecule has 11 heavy (non-hydrogen) atoms.